The molecule has 0 radical (unpaired) electrons. The minimum Gasteiger partial charge on any atom is -0.466 e. The van der Waals surface area contributed by atoms with Crippen LogP contribution in [0.3, 0.4) is 0 Å². The number of ether oxygens (including phenoxy) is 1. The number of rotatable bonds is 7. The molecular formula is C12H22O2. The zero-order valence-corrected chi connectivity index (χ0v) is 9.58. The Labute approximate surface area is 87.3 Å². The Morgan fingerprint density at radius 2 is 2.14 bits per heavy atom. The van der Waals surface area contributed by atoms with Crippen molar-refractivity contribution in [2.75, 3.05) is 6.61 Å². The van der Waals surface area contributed by atoms with Crippen LogP contribution in [-0.4, -0.2) is 12.6 Å². The van der Waals surface area contributed by atoms with E-state index >= 15 is 0 Å². The van der Waals surface area contributed by atoms with Crippen molar-refractivity contribution < 1.29 is 9.53 Å². The topological polar surface area (TPSA) is 26.3 Å². The van der Waals surface area contributed by atoms with Crippen molar-refractivity contribution in [3.63, 3.8) is 0 Å². The molecule has 0 saturated heterocycles. The van der Waals surface area contributed by atoms with Crippen LogP contribution in [0.4, 0.5) is 0 Å². The monoisotopic (exact) mass is 198 g/mol. The number of hydrogen-bond acceptors (Lipinski definition) is 2. The van der Waals surface area contributed by atoms with Gasteiger partial charge in [0.05, 0.1) is 12.5 Å². The average Bonchev–Trinajstić information content (AvgIpc) is 2.12. The molecule has 0 aromatic heterocycles. The highest BCUT2D eigenvalue weighted by atomic mass is 16.5. The number of hydrogen-bond donors (Lipinski definition) is 0. The molecule has 0 heterocycles. The van der Waals surface area contributed by atoms with Crippen LogP contribution >= 0.6 is 0 Å². The van der Waals surface area contributed by atoms with E-state index in [1.54, 1.807) is 0 Å². The van der Waals surface area contributed by atoms with Crippen LogP contribution in [0.2, 0.25) is 0 Å². The zero-order valence-electron chi connectivity index (χ0n) is 9.58. The molecule has 0 aromatic carbocycles. The molecule has 14 heavy (non-hydrogen) atoms. The molecule has 82 valence electrons. The van der Waals surface area contributed by atoms with Crippen LogP contribution in [-0.2, 0) is 9.53 Å². The second-order valence-electron chi connectivity index (χ2n) is 3.82. The van der Waals surface area contributed by atoms with Crippen LogP contribution in [0.5, 0.6) is 0 Å². The average molecular weight is 198 g/mol. The van der Waals surface area contributed by atoms with Gasteiger partial charge in [-0.05, 0) is 32.1 Å². The van der Waals surface area contributed by atoms with Gasteiger partial charge in [-0.2, -0.15) is 0 Å². The molecule has 0 aliphatic carbocycles. The lowest BCUT2D eigenvalue weighted by atomic mass is 9.91. The van der Waals surface area contributed by atoms with Gasteiger partial charge >= 0.3 is 5.97 Å². The predicted molar refractivity (Wildman–Crippen MR) is 59.0 cm³/mol. The quantitative estimate of drug-likeness (QED) is 0.357. The highest BCUT2D eigenvalue weighted by Crippen LogP contribution is 2.19. The van der Waals surface area contributed by atoms with Crippen molar-refractivity contribution in [2.24, 2.45) is 11.8 Å². The normalized spacial score (nSPS) is 12.6. The van der Waals surface area contributed by atoms with Crippen molar-refractivity contribution in [3.8, 4) is 0 Å². The summed E-state index contributed by atoms with van der Waals surface area (Å²) in [6.07, 6.45) is 4.79. The van der Waals surface area contributed by atoms with Gasteiger partial charge in [0.1, 0.15) is 0 Å². The maximum Gasteiger partial charge on any atom is 0.309 e. The molecule has 1 unspecified atom stereocenters. The van der Waals surface area contributed by atoms with Gasteiger partial charge in [0.15, 0.2) is 0 Å². The number of unbranched alkanes of at least 4 members (excludes halogenated alkanes) is 1. The van der Waals surface area contributed by atoms with E-state index in [0.717, 1.165) is 19.3 Å². The smallest absolute Gasteiger partial charge is 0.309 e. The van der Waals surface area contributed by atoms with E-state index in [1.807, 2.05) is 13.0 Å². The van der Waals surface area contributed by atoms with E-state index in [-0.39, 0.29) is 11.9 Å². The second-order valence-corrected chi connectivity index (χ2v) is 3.82. The van der Waals surface area contributed by atoms with Crippen molar-refractivity contribution in [2.45, 2.75) is 40.0 Å². The molecule has 0 saturated carbocycles. The fraction of sp³-hybridized carbons (Fsp3) is 0.750. The van der Waals surface area contributed by atoms with E-state index in [1.165, 1.54) is 0 Å². The van der Waals surface area contributed by atoms with Crippen LogP contribution < -0.4 is 0 Å². The predicted octanol–water partition coefficient (Wildman–Crippen LogP) is 3.18. The lowest BCUT2D eigenvalue weighted by Crippen LogP contribution is -2.22. The lowest BCUT2D eigenvalue weighted by Gasteiger charge is -2.18. The first-order chi connectivity index (χ1) is 6.63. The molecule has 2 heteroatoms. The standard InChI is InChI=1S/C12H22O2/c1-5-7-8-9-11(10(3)4)12(13)14-6-2/h5,10-11H,1,6-9H2,2-4H3. The molecule has 2 nitrogen and oxygen atoms in total. The van der Waals surface area contributed by atoms with E-state index in [2.05, 4.69) is 20.4 Å². The van der Waals surface area contributed by atoms with Crippen LogP contribution in [0.1, 0.15) is 40.0 Å². The van der Waals surface area contributed by atoms with Crippen LogP contribution in [0, 0.1) is 11.8 Å². The molecule has 0 spiro atoms. The molecule has 0 bridgehead atoms. The molecule has 0 aromatic rings. The third-order valence-electron chi connectivity index (χ3n) is 2.32. The summed E-state index contributed by atoms with van der Waals surface area (Å²) in [4.78, 5) is 11.5. The first-order valence-electron chi connectivity index (χ1n) is 5.41. The largest absolute Gasteiger partial charge is 0.466 e. The molecule has 1 atom stereocenters. The van der Waals surface area contributed by atoms with Crippen molar-refractivity contribution >= 4 is 5.97 Å². The van der Waals surface area contributed by atoms with Gasteiger partial charge in [0, 0.05) is 0 Å². The summed E-state index contributed by atoms with van der Waals surface area (Å²) in [5.74, 6) is 0.361. The minimum absolute atomic E-state index is 0.0495. The van der Waals surface area contributed by atoms with E-state index < -0.39 is 0 Å². The highest BCUT2D eigenvalue weighted by Gasteiger charge is 2.22. The Bertz CT molecular complexity index is 173. The summed E-state index contributed by atoms with van der Waals surface area (Å²) in [7, 11) is 0. The van der Waals surface area contributed by atoms with E-state index in [4.69, 9.17) is 4.74 Å². The molecule has 0 aliphatic rings. The highest BCUT2D eigenvalue weighted by molar-refractivity contribution is 5.72. The molecule has 0 aliphatic heterocycles. The maximum atomic E-state index is 11.5. The number of carbonyl (C=O) groups excluding carboxylic acids is 1. The summed E-state index contributed by atoms with van der Waals surface area (Å²) < 4.78 is 5.03. The number of allylic oxidation sites excluding steroid dienone is 1. The summed E-state index contributed by atoms with van der Waals surface area (Å²) in [5, 5.41) is 0. The third kappa shape index (κ3) is 5.05. The van der Waals surface area contributed by atoms with Gasteiger partial charge in [-0.15, -0.1) is 6.58 Å². The van der Waals surface area contributed by atoms with Gasteiger partial charge in [0.25, 0.3) is 0 Å². The van der Waals surface area contributed by atoms with Crippen LogP contribution in [0.25, 0.3) is 0 Å². The molecule has 0 rings (SSSR count). The summed E-state index contributed by atoms with van der Waals surface area (Å²) in [6.45, 7) is 10.1. The van der Waals surface area contributed by atoms with Gasteiger partial charge in [-0.3, -0.25) is 4.79 Å². The Morgan fingerprint density at radius 3 is 2.57 bits per heavy atom. The Kier molecular flexibility index (Phi) is 7.17. The Morgan fingerprint density at radius 1 is 1.50 bits per heavy atom. The SMILES string of the molecule is C=CCCCC(C(=O)OCC)C(C)C. The van der Waals surface area contributed by atoms with Gasteiger partial charge in [0.2, 0.25) is 0 Å². The first-order valence-corrected chi connectivity index (χ1v) is 5.41. The summed E-state index contributed by atoms with van der Waals surface area (Å²) in [5.41, 5.74) is 0. The van der Waals surface area contributed by atoms with E-state index in [9.17, 15) is 4.79 Å². The van der Waals surface area contributed by atoms with Gasteiger partial charge < -0.3 is 4.74 Å². The molecule has 0 fully saturated rings. The summed E-state index contributed by atoms with van der Waals surface area (Å²) in [6, 6.07) is 0. The molecular weight excluding hydrogens is 176 g/mol. The van der Waals surface area contributed by atoms with Gasteiger partial charge in [-0.25, -0.2) is 0 Å². The Hall–Kier alpha value is -0.790. The Balaban J connectivity index is 4.00. The first kappa shape index (κ1) is 13.2. The zero-order chi connectivity index (χ0) is 11.0. The number of carbonyl (C=O) groups is 1. The molecule has 0 amide bonds. The maximum absolute atomic E-state index is 11.5. The van der Waals surface area contributed by atoms with Crippen molar-refractivity contribution in [3.05, 3.63) is 12.7 Å². The minimum atomic E-state index is -0.0495. The summed E-state index contributed by atoms with van der Waals surface area (Å²) >= 11 is 0. The van der Waals surface area contributed by atoms with Crippen molar-refractivity contribution in [1.29, 1.82) is 0 Å². The molecule has 0 N–H and O–H groups in total. The van der Waals surface area contributed by atoms with E-state index in [0.29, 0.717) is 12.5 Å². The number of esters is 1. The fourth-order valence-corrected chi connectivity index (χ4v) is 1.45. The third-order valence-corrected chi connectivity index (χ3v) is 2.32. The lowest BCUT2D eigenvalue weighted by molar-refractivity contribution is -0.149. The van der Waals surface area contributed by atoms with Crippen molar-refractivity contribution in [1.82, 2.24) is 0 Å². The fourth-order valence-electron chi connectivity index (χ4n) is 1.45. The van der Waals surface area contributed by atoms with Gasteiger partial charge in [-0.1, -0.05) is 19.9 Å². The second kappa shape index (κ2) is 7.60. The van der Waals surface area contributed by atoms with Crippen LogP contribution in [0.15, 0.2) is 12.7 Å².